The summed E-state index contributed by atoms with van der Waals surface area (Å²) in [6, 6.07) is 12.8. The normalized spacial score (nSPS) is 20.4. The molecular formula is C18H16ClFN2O2. The Morgan fingerprint density at radius 2 is 1.83 bits per heavy atom. The minimum absolute atomic E-state index is 0.127. The summed E-state index contributed by atoms with van der Waals surface area (Å²) < 4.78 is 14.0. The summed E-state index contributed by atoms with van der Waals surface area (Å²) in [7, 11) is 0. The maximum absolute atomic E-state index is 14.0. The predicted molar refractivity (Wildman–Crippen MR) is 88.9 cm³/mol. The number of benzene rings is 2. The summed E-state index contributed by atoms with van der Waals surface area (Å²) in [6.07, 6.45) is 0.392. The number of halogens is 2. The van der Waals surface area contributed by atoms with E-state index < -0.39 is 23.3 Å². The monoisotopic (exact) mass is 346 g/mol. The molecule has 0 radical (unpaired) electrons. The molecule has 0 bridgehead atoms. The molecule has 1 heterocycles. The number of rotatable bonds is 4. The molecule has 1 saturated heterocycles. The van der Waals surface area contributed by atoms with E-state index in [0.717, 1.165) is 4.90 Å². The topological polar surface area (TPSA) is 49.4 Å². The molecule has 24 heavy (non-hydrogen) atoms. The van der Waals surface area contributed by atoms with Crippen molar-refractivity contribution in [1.29, 1.82) is 0 Å². The lowest BCUT2D eigenvalue weighted by Crippen LogP contribution is -2.43. The molecule has 0 saturated carbocycles. The molecule has 0 aromatic heterocycles. The third-order valence-corrected chi connectivity index (χ3v) is 4.70. The van der Waals surface area contributed by atoms with E-state index >= 15 is 0 Å². The van der Waals surface area contributed by atoms with Gasteiger partial charge in [-0.2, -0.15) is 0 Å². The Hall–Kier alpha value is -2.40. The second-order valence-electron chi connectivity index (χ2n) is 5.65. The summed E-state index contributed by atoms with van der Waals surface area (Å²) in [5.74, 6) is -0.947. The van der Waals surface area contributed by atoms with Crippen LogP contribution in [0.2, 0.25) is 5.02 Å². The Balaban J connectivity index is 1.97. The van der Waals surface area contributed by atoms with Gasteiger partial charge in [0.05, 0.1) is 6.54 Å². The molecule has 1 fully saturated rings. The summed E-state index contributed by atoms with van der Waals surface area (Å²) in [6.45, 7) is 1.62. The van der Waals surface area contributed by atoms with Gasteiger partial charge < -0.3 is 5.32 Å². The van der Waals surface area contributed by atoms with E-state index in [-0.39, 0.29) is 17.1 Å². The molecule has 0 spiro atoms. The van der Waals surface area contributed by atoms with E-state index in [2.05, 4.69) is 5.32 Å². The van der Waals surface area contributed by atoms with Crippen LogP contribution in [0.15, 0.2) is 48.5 Å². The molecule has 2 aromatic rings. The van der Waals surface area contributed by atoms with Gasteiger partial charge in [0.2, 0.25) is 0 Å². The molecule has 1 aliphatic rings. The molecule has 124 valence electrons. The number of urea groups is 1. The van der Waals surface area contributed by atoms with E-state index in [0.29, 0.717) is 12.0 Å². The zero-order valence-electron chi connectivity index (χ0n) is 13.1. The number of nitrogens with zero attached hydrogens (tertiary/aromatic N) is 1. The van der Waals surface area contributed by atoms with Crippen LogP contribution in [0.4, 0.5) is 9.18 Å². The highest BCUT2D eigenvalue weighted by Crippen LogP contribution is 2.34. The molecule has 6 heteroatoms. The van der Waals surface area contributed by atoms with Crippen molar-refractivity contribution in [3.63, 3.8) is 0 Å². The van der Waals surface area contributed by atoms with Crippen LogP contribution in [-0.2, 0) is 16.9 Å². The van der Waals surface area contributed by atoms with E-state index in [9.17, 15) is 14.0 Å². The highest BCUT2D eigenvalue weighted by atomic mass is 35.5. The summed E-state index contributed by atoms with van der Waals surface area (Å²) in [5, 5.41) is 2.95. The van der Waals surface area contributed by atoms with E-state index in [1.807, 2.05) is 25.1 Å². The van der Waals surface area contributed by atoms with Crippen LogP contribution in [0.5, 0.6) is 0 Å². The van der Waals surface area contributed by atoms with Crippen LogP contribution in [0.3, 0.4) is 0 Å². The van der Waals surface area contributed by atoms with Crippen molar-refractivity contribution in [2.75, 3.05) is 0 Å². The fourth-order valence-corrected chi connectivity index (χ4v) is 3.20. The summed E-state index contributed by atoms with van der Waals surface area (Å²) in [4.78, 5) is 26.4. The fraction of sp³-hybridized carbons (Fsp3) is 0.222. The first-order valence-corrected chi connectivity index (χ1v) is 8.00. The fourth-order valence-electron chi connectivity index (χ4n) is 2.97. The van der Waals surface area contributed by atoms with Gasteiger partial charge in [0, 0.05) is 10.6 Å². The summed E-state index contributed by atoms with van der Waals surface area (Å²) in [5.41, 5.74) is -0.300. The van der Waals surface area contributed by atoms with Crippen molar-refractivity contribution in [2.45, 2.75) is 25.4 Å². The maximum Gasteiger partial charge on any atom is 0.325 e. The first kappa shape index (κ1) is 16.5. The highest BCUT2D eigenvalue weighted by Gasteiger charge is 2.51. The number of carbonyl (C=O) groups excluding carboxylic acids is 2. The van der Waals surface area contributed by atoms with E-state index in [1.165, 1.54) is 18.2 Å². The maximum atomic E-state index is 14.0. The predicted octanol–water partition coefficient (Wildman–Crippen LogP) is 3.84. The van der Waals surface area contributed by atoms with Crippen LogP contribution >= 0.6 is 11.6 Å². The molecule has 1 aliphatic heterocycles. The first-order chi connectivity index (χ1) is 11.5. The Morgan fingerprint density at radius 3 is 2.46 bits per heavy atom. The molecule has 0 unspecified atom stereocenters. The van der Waals surface area contributed by atoms with Crippen LogP contribution in [0, 0.1) is 5.82 Å². The number of imide groups is 1. The first-order valence-electron chi connectivity index (χ1n) is 7.62. The van der Waals surface area contributed by atoms with Gasteiger partial charge in [0.25, 0.3) is 5.91 Å². The van der Waals surface area contributed by atoms with Gasteiger partial charge in [0.15, 0.2) is 0 Å². The Bertz CT molecular complexity index is 777. The van der Waals surface area contributed by atoms with Gasteiger partial charge in [-0.3, -0.25) is 9.69 Å². The zero-order valence-corrected chi connectivity index (χ0v) is 13.8. The lowest BCUT2D eigenvalue weighted by molar-refractivity contribution is -0.132. The Kier molecular flexibility index (Phi) is 4.28. The average molecular weight is 347 g/mol. The van der Waals surface area contributed by atoms with E-state index in [1.54, 1.807) is 12.1 Å². The van der Waals surface area contributed by atoms with Gasteiger partial charge in [-0.15, -0.1) is 0 Å². The summed E-state index contributed by atoms with van der Waals surface area (Å²) >= 11 is 6.02. The van der Waals surface area contributed by atoms with Crippen molar-refractivity contribution in [2.24, 2.45) is 0 Å². The van der Waals surface area contributed by atoms with Crippen molar-refractivity contribution >= 4 is 23.5 Å². The number of nitrogens with one attached hydrogen (secondary N) is 1. The molecule has 3 rings (SSSR count). The average Bonchev–Trinajstić information content (AvgIpc) is 2.83. The third-order valence-electron chi connectivity index (χ3n) is 4.35. The van der Waals surface area contributed by atoms with Crippen LogP contribution in [0.1, 0.15) is 24.5 Å². The third kappa shape index (κ3) is 2.55. The zero-order chi connectivity index (χ0) is 17.3. The smallest absolute Gasteiger partial charge is 0.319 e. The number of carbonyl (C=O) groups is 2. The molecular weight excluding hydrogens is 331 g/mol. The minimum Gasteiger partial charge on any atom is -0.319 e. The molecule has 2 aromatic carbocycles. The quantitative estimate of drug-likeness (QED) is 0.855. The standard InChI is InChI=1S/C18H16ClFN2O2/c1-2-18(12-7-4-3-5-8-12)16(23)22(17(24)21-18)11-13-14(19)9-6-10-15(13)20/h3-10H,2,11H2,1H3,(H,21,24)/t18-/m1/s1. The molecule has 3 amide bonds. The van der Waals surface area contributed by atoms with Gasteiger partial charge in [-0.05, 0) is 24.1 Å². The Morgan fingerprint density at radius 1 is 1.12 bits per heavy atom. The van der Waals surface area contributed by atoms with Gasteiger partial charge >= 0.3 is 6.03 Å². The lowest BCUT2D eigenvalue weighted by atomic mass is 9.87. The SMILES string of the molecule is CC[C@]1(c2ccccc2)NC(=O)N(Cc2c(F)cccc2Cl)C1=O. The Labute approximate surface area is 144 Å². The lowest BCUT2D eigenvalue weighted by Gasteiger charge is -2.25. The van der Waals surface area contributed by atoms with Crippen molar-refractivity contribution in [3.05, 3.63) is 70.5 Å². The van der Waals surface area contributed by atoms with Crippen molar-refractivity contribution in [1.82, 2.24) is 10.2 Å². The second kappa shape index (κ2) is 6.24. The van der Waals surface area contributed by atoms with Crippen LogP contribution < -0.4 is 5.32 Å². The molecule has 4 nitrogen and oxygen atoms in total. The minimum atomic E-state index is -1.13. The molecule has 1 N–H and O–H groups in total. The van der Waals surface area contributed by atoms with Crippen molar-refractivity contribution in [3.8, 4) is 0 Å². The van der Waals surface area contributed by atoms with Gasteiger partial charge in [-0.1, -0.05) is 54.9 Å². The second-order valence-corrected chi connectivity index (χ2v) is 6.05. The number of hydrogen-bond acceptors (Lipinski definition) is 2. The van der Waals surface area contributed by atoms with Crippen LogP contribution in [-0.4, -0.2) is 16.8 Å². The van der Waals surface area contributed by atoms with Gasteiger partial charge in [-0.25, -0.2) is 9.18 Å². The molecule has 0 aliphatic carbocycles. The van der Waals surface area contributed by atoms with E-state index in [4.69, 9.17) is 11.6 Å². The highest BCUT2D eigenvalue weighted by molar-refractivity contribution is 6.31. The number of amides is 3. The van der Waals surface area contributed by atoms with Gasteiger partial charge in [0.1, 0.15) is 11.4 Å². The van der Waals surface area contributed by atoms with Crippen molar-refractivity contribution < 1.29 is 14.0 Å². The molecule has 1 atom stereocenters. The van der Waals surface area contributed by atoms with Crippen LogP contribution in [0.25, 0.3) is 0 Å². The largest absolute Gasteiger partial charge is 0.325 e. The number of hydrogen-bond donors (Lipinski definition) is 1.